The molecule has 8 nitrogen and oxygen atoms in total. The third-order valence-corrected chi connectivity index (χ3v) is 14.8. The van der Waals surface area contributed by atoms with Crippen LogP contribution in [0.3, 0.4) is 0 Å². The van der Waals surface area contributed by atoms with Gasteiger partial charge in [-0.25, -0.2) is 0 Å². The molecule has 0 saturated heterocycles. The number of rotatable bonds is 0. The van der Waals surface area contributed by atoms with Crippen LogP contribution in [0.4, 0.5) is 5.69 Å². The summed E-state index contributed by atoms with van der Waals surface area (Å²) < 4.78 is 0. The Kier molecular flexibility index (Phi) is 18.3. The summed E-state index contributed by atoms with van der Waals surface area (Å²) in [6.07, 6.45) is 14.8. The van der Waals surface area contributed by atoms with E-state index in [0.717, 1.165) is 58.5 Å². The Morgan fingerprint density at radius 1 is 0.343 bits per heavy atom. The van der Waals surface area contributed by atoms with Crippen molar-refractivity contribution in [2.24, 2.45) is 0 Å². The molecular weight excluding hydrogens is 857 g/mol. The zero-order chi connectivity index (χ0) is 50.9. The molecule has 0 unspecified atom stereocenters. The second-order valence-corrected chi connectivity index (χ2v) is 25.1. The zero-order valence-corrected chi connectivity index (χ0v) is 46.5. The van der Waals surface area contributed by atoms with Crippen molar-refractivity contribution in [1.29, 1.82) is 0 Å². The molecule has 8 heterocycles. The third kappa shape index (κ3) is 15.5. The molecule has 0 atom stereocenters. The number of hydrogen-bond acceptors (Lipinski definition) is 8. The third-order valence-electron chi connectivity index (χ3n) is 14.8. The molecule has 0 aliphatic carbocycles. The minimum Gasteiger partial charge on any atom is -0.366 e. The Morgan fingerprint density at radius 3 is 1.37 bits per heavy atom. The van der Waals surface area contributed by atoms with Crippen molar-refractivity contribution in [3.05, 3.63) is 154 Å². The molecule has 380 valence electrons. The first kappa shape index (κ1) is 54.9. The summed E-state index contributed by atoms with van der Waals surface area (Å²) in [5.41, 5.74) is 15.6. The minimum atomic E-state index is 0.247. The number of anilines is 1. The summed E-state index contributed by atoms with van der Waals surface area (Å²) in [6, 6.07) is 28.2. The lowest BCUT2D eigenvalue weighted by Crippen LogP contribution is -2.44. The molecule has 8 heteroatoms. The number of benzene rings is 2. The highest BCUT2D eigenvalue weighted by molar-refractivity contribution is 5.57. The molecule has 5 aliphatic heterocycles. The fourth-order valence-electron chi connectivity index (χ4n) is 10.1. The van der Waals surface area contributed by atoms with Crippen molar-refractivity contribution in [1.82, 2.24) is 34.6 Å². The number of aromatic nitrogens is 3. The number of para-hydroxylation sites is 1. The van der Waals surface area contributed by atoms with Crippen LogP contribution in [-0.4, -0.2) is 95.0 Å². The van der Waals surface area contributed by atoms with E-state index >= 15 is 0 Å². The van der Waals surface area contributed by atoms with Gasteiger partial charge in [-0.1, -0.05) is 54.6 Å². The van der Waals surface area contributed by atoms with E-state index in [1.807, 2.05) is 36.9 Å². The van der Waals surface area contributed by atoms with Gasteiger partial charge in [0, 0.05) is 129 Å². The first-order valence-corrected chi connectivity index (χ1v) is 26.6. The molecule has 0 fully saturated rings. The van der Waals surface area contributed by atoms with Crippen LogP contribution in [0.25, 0.3) is 0 Å². The van der Waals surface area contributed by atoms with Gasteiger partial charge in [-0.05, 0) is 199 Å². The van der Waals surface area contributed by atoms with E-state index in [4.69, 9.17) is 0 Å². The number of aryl methyl sites for hydroxylation is 1. The largest absolute Gasteiger partial charge is 0.366 e. The van der Waals surface area contributed by atoms with E-state index < -0.39 is 0 Å². The highest BCUT2D eigenvalue weighted by Gasteiger charge is 2.29. The quantitative estimate of drug-likeness (QED) is 0.152. The summed E-state index contributed by atoms with van der Waals surface area (Å²) in [4.78, 5) is 25.6. The smallest absolute Gasteiger partial charge is 0.0576 e. The van der Waals surface area contributed by atoms with E-state index in [2.05, 4.69) is 210 Å². The van der Waals surface area contributed by atoms with Crippen LogP contribution in [0, 0.1) is 0 Å². The first-order valence-electron chi connectivity index (χ1n) is 26.6. The van der Waals surface area contributed by atoms with Crippen molar-refractivity contribution < 1.29 is 0 Å². The summed E-state index contributed by atoms with van der Waals surface area (Å²) in [6.45, 7) is 44.2. The summed E-state index contributed by atoms with van der Waals surface area (Å²) in [5, 5.41) is 0. The second kappa shape index (κ2) is 23.4. The number of pyridine rings is 3. The van der Waals surface area contributed by atoms with Crippen LogP contribution in [0.5, 0.6) is 0 Å². The fraction of sp³-hybridized carbons (Fsp3) is 0.565. The maximum Gasteiger partial charge on any atom is 0.0576 e. The average Bonchev–Trinajstić information content (AvgIpc) is 3.32. The Morgan fingerprint density at radius 2 is 0.786 bits per heavy atom. The monoisotopic (exact) mass is 949 g/mol. The molecule has 5 aliphatic rings. The molecule has 0 saturated carbocycles. The van der Waals surface area contributed by atoms with Gasteiger partial charge in [-0.15, -0.1) is 0 Å². The molecule has 0 spiro atoms. The van der Waals surface area contributed by atoms with E-state index in [9.17, 15) is 0 Å². The number of hydrogen-bond donors (Lipinski definition) is 0. The predicted octanol–water partition coefficient (Wildman–Crippen LogP) is 12.8. The summed E-state index contributed by atoms with van der Waals surface area (Å²) >= 11 is 0. The summed E-state index contributed by atoms with van der Waals surface area (Å²) in [5.74, 6) is 0. The summed E-state index contributed by atoms with van der Waals surface area (Å²) in [7, 11) is 0. The van der Waals surface area contributed by atoms with Crippen LogP contribution in [0.15, 0.2) is 104 Å². The molecule has 70 heavy (non-hydrogen) atoms. The molecule has 10 rings (SSSR count). The number of fused-ring (bicyclic) bond motifs is 5. The van der Waals surface area contributed by atoms with Gasteiger partial charge in [0.05, 0.1) is 5.69 Å². The van der Waals surface area contributed by atoms with Gasteiger partial charge < -0.3 is 4.90 Å². The van der Waals surface area contributed by atoms with Crippen molar-refractivity contribution in [3.63, 3.8) is 0 Å². The lowest BCUT2D eigenvalue weighted by atomic mass is 9.95. The van der Waals surface area contributed by atoms with Gasteiger partial charge in [-0.3, -0.25) is 34.6 Å². The van der Waals surface area contributed by atoms with E-state index in [-0.39, 0.29) is 22.2 Å². The molecule has 0 amide bonds. The minimum absolute atomic E-state index is 0.247. The normalized spacial score (nSPS) is 17.7. The van der Waals surface area contributed by atoms with Gasteiger partial charge in [0.2, 0.25) is 0 Å². The van der Waals surface area contributed by atoms with Gasteiger partial charge in [-0.2, -0.15) is 0 Å². The van der Waals surface area contributed by atoms with Gasteiger partial charge in [0.25, 0.3) is 0 Å². The molecule has 0 bridgehead atoms. The van der Waals surface area contributed by atoms with Crippen LogP contribution in [-0.2, 0) is 58.3 Å². The van der Waals surface area contributed by atoms with Crippen LogP contribution < -0.4 is 4.90 Å². The van der Waals surface area contributed by atoms with Gasteiger partial charge in [0.1, 0.15) is 0 Å². The van der Waals surface area contributed by atoms with Gasteiger partial charge >= 0.3 is 0 Å². The molecule has 0 N–H and O–H groups in total. The van der Waals surface area contributed by atoms with E-state index in [1.54, 1.807) is 0 Å². The van der Waals surface area contributed by atoms with E-state index in [1.165, 1.54) is 94.9 Å². The molecule has 3 aromatic heterocycles. The Hall–Kier alpha value is -4.47. The maximum atomic E-state index is 4.44. The Labute approximate surface area is 426 Å². The molecule has 2 aromatic carbocycles. The standard InChI is InChI=1S/2C13H19N.3C12H18N2/c1-13(2,3)14-10-6-8-11-7-4-5-9-12(11)14;1-13(2,3)14-9-8-11-6-4-5-7-12(11)10-14;1-12(2,3)14-7-5-10-4-6-13-8-11(10)9-14;1-12(2,3)14-8-6-11-10(9-14)5-4-7-13-11;1-12(2,3)14-8-6-10-5-4-7-13-11(10)9-14/h4-5,7,9H,6,8,10H2,1-3H3;4-7H,8-10H2,1-3H3;4,6,8H,5,7,9H2,1-3H3;2*4-5,7H,6,8-9H2,1-3H3. The van der Waals surface area contributed by atoms with Crippen LogP contribution >= 0.6 is 0 Å². The van der Waals surface area contributed by atoms with E-state index in [0.29, 0.717) is 5.54 Å². The van der Waals surface area contributed by atoms with Crippen molar-refractivity contribution in [3.8, 4) is 0 Å². The van der Waals surface area contributed by atoms with Gasteiger partial charge in [0.15, 0.2) is 0 Å². The van der Waals surface area contributed by atoms with Crippen molar-refractivity contribution >= 4 is 5.69 Å². The highest BCUT2D eigenvalue weighted by Crippen LogP contribution is 2.32. The SMILES string of the molecule is CC(C)(C)N1CCCc2ccccc21.CC(C)(C)N1CCc2ccccc2C1.CC(C)(C)N1CCc2cccnc2C1.CC(C)(C)N1CCc2ccncc2C1.CC(C)(C)N1CCc2ncccc2C1. The second-order valence-electron chi connectivity index (χ2n) is 25.1. The van der Waals surface area contributed by atoms with Crippen LogP contribution in [0.2, 0.25) is 0 Å². The van der Waals surface area contributed by atoms with Crippen molar-refractivity contribution in [2.75, 3.05) is 37.6 Å². The lowest BCUT2D eigenvalue weighted by molar-refractivity contribution is 0.118. The van der Waals surface area contributed by atoms with Crippen LogP contribution in [0.1, 0.15) is 161 Å². The number of nitrogens with zero attached hydrogens (tertiary/aromatic N) is 8. The Bertz CT molecular complexity index is 2130. The Balaban J connectivity index is 0.000000143. The lowest BCUT2D eigenvalue weighted by Gasteiger charge is -2.41. The molecule has 0 radical (unpaired) electrons. The maximum absolute atomic E-state index is 4.44. The molecular formula is C62H92N8. The average molecular weight is 949 g/mol. The van der Waals surface area contributed by atoms with Crippen molar-refractivity contribution in [2.45, 2.75) is 196 Å². The predicted molar refractivity (Wildman–Crippen MR) is 296 cm³/mol. The zero-order valence-electron chi connectivity index (χ0n) is 46.5. The highest BCUT2D eigenvalue weighted by atomic mass is 15.2. The first-order chi connectivity index (χ1) is 32.9. The molecule has 5 aromatic rings. The topological polar surface area (TPSA) is 54.9 Å². The fourth-order valence-corrected chi connectivity index (χ4v) is 10.1.